The van der Waals surface area contributed by atoms with Gasteiger partial charge >= 0.3 is 0 Å². The highest BCUT2D eigenvalue weighted by molar-refractivity contribution is 7.89. The molecule has 0 spiro atoms. The first-order valence-electron chi connectivity index (χ1n) is 9.33. The Morgan fingerprint density at radius 3 is 2.29 bits per heavy atom. The van der Waals surface area contributed by atoms with Gasteiger partial charge in [0.1, 0.15) is 0 Å². The fourth-order valence-electron chi connectivity index (χ4n) is 2.86. The van der Waals surface area contributed by atoms with Crippen LogP contribution in [0.2, 0.25) is 5.02 Å². The summed E-state index contributed by atoms with van der Waals surface area (Å²) in [4.78, 5) is 12.6. The SMILES string of the molecule is CCC[C@@H](C)NC(=O)CN(Cc1ccc(C)cc1)S(=O)(=O)c1ccc(Cl)cc1. The number of carbonyl (C=O) groups excluding carboxylic acids is 1. The van der Waals surface area contributed by atoms with Crippen LogP contribution in [0.3, 0.4) is 0 Å². The van der Waals surface area contributed by atoms with E-state index in [-0.39, 0.29) is 29.9 Å². The molecule has 1 amide bonds. The van der Waals surface area contributed by atoms with Gasteiger partial charge in [-0.25, -0.2) is 8.42 Å². The first kappa shape index (κ1) is 22.4. The lowest BCUT2D eigenvalue weighted by atomic mass is 10.1. The molecular formula is C21H27ClN2O3S. The van der Waals surface area contributed by atoms with E-state index < -0.39 is 10.0 Å². The van der Waals surface area contributed by atoms with Crippen LogP contribution in [-0.2, 0) is 21.4 Å². The van der Waals surface area contributed by atoms with Gasteiger partial charge in [0.15, 0.2) is 0 Å². The summed E-state index contributed by atoms with van der Waals surface area (Å²) >= 11 is 5.88. The molecular weight excluding hydrogens is 396 g/mol. The molecule has 0 bridgehead atoms. The Kier molecular flexibility index (Phi) is 8.04. The maximum Gasteiger partial charge on any atom is 0.243 e. The van der Waals surface area contributed by atoms with Gasteiger partial charge in [-0.1, -0.05) is 54.8 Å². The molecule has 1 atom stereocenters. The molecule has 0 aromatic heterocycles. The van der Waals surface area contributed by atoms with Gasteiger partial charge in [0.25, 0.3) is 0 Å². The molecule has 0 aliphatic heterocycles. The summed E-state index contributed by atoms with van der Waals surface area (Å²) in [6.45, 7) is 5.79. The van der Waals surface area contributed by atoms with Crippen molar-refractivity contribution in [3.63, 3.8) is 0 Å². The van der Waals surface area contributed by atoms with E-state index in [1.165, 1.54) is 28.6 Å². The third kappa shape index (κ3) is 6.33. The summed E-state index contributed by atoms with van der Waals surface area (Å²) in [5, 5.41) is 3.33. The van der Waals surface area contributed by atoms with Crippen molar-refractivity contribution in [1.82, 2.24) is 9.62 Å². The zero-order chi connectivity index (χ0) is 20.7. The van der Waals surface area contributed by atoms with Crippen LogP contribution in [-0.4, -0.2) is 31.2 Å². The molecule has 2 rings (SSSR count). The molecule has 0 heterocycles. The molecule has 0 aliphatic carbocycles. The van der Waals surface area contributed by atoms with Crippen molar-refractivity contribution in [2.24, 2.45) is 0 Å². The van der Waals surface area contributed by atoms with Crippen LogP contribution in [0, 0.1) is 6.92 Å². The number of rotatable bonds is 9. The van der Waals surface area contributed by atoms with Gasteiger partial charge in [0.2, 0.25) is 15.9 Å². The van der Waals surface area contributed by atoms with E-state index in [2.05, 4.69) is 5.32 Å². The number of amides is 1. The van der Waals surface area contributed by atoms with Gasteiger partial charge in [-0.3, -0.25) is 4.79 Å². The number of hydrogen-bond acceptors (Lipinski definition) is 3. The van der Waals surface area contributed by atoms with Crippen LogP contribution in [0.25, 0.3) is 0 Å². The highest BCUT2D eigenvalue weighted by Crippen LogP contribution is 2.20. The van der Waals surface area contributed by atoms with E-state index in [9.17, 15) is 13.2 Å². The maximum atomic E-state index is 13.2. The van der Waals surface area contributed by atoms with Crippen LogP contribution < -0.4 is 5.32 Å². The second-order valence-electron chi connectivity index (χ2n) is 6.97. The molecule has 5 nitrogen and oxygen atoms in total. The number of benzene rings is 2. The molecule has 0 radical (unpaired) electrons. The van der Waals surface area contributed by atoms with E-state index in [0.29, 0.717) is 5.02 Å². The quantitative estimate of drug-likeness (QED) is 0.660. The summed E-state index contributed by atoms with van der Waals surface area (Å²) in [5.41, 5.74) is 1.90. The van der Waals surface area contributed by atoms with Crippen molar-refractivity contribution in [3.8, 4) is 0 Å². The van der Waals surface area contributed by atoms with E-state index in [4.69, 9.17) is 11.6 Å². The Hall–Kier alpha value is -1.89. The van der Waals surface area contributed by atoms with E-state index in [0.717, 1.165) is 24.0 Å². The normalized spacial score (nSPS) is 12.8. The summed E-state index contributed by atoms with van der Waals surface area (Å²) in [6.07, 6.45) is 1.78. The Morgan fingerprint density at radius 2 is 1.71 bits per heavy atom. The monoisotopic (exact) mass is 422 g/mol. The number of hydrogen-bond donors (Lipinski definition) is 1. The summed E-state index contributed by atoms with van der Waals surface area (Å²) in [6, 6.07) is 13.6. The van der Waals surface area contributed by atoms with Crippen LogP contribution in [0.1, 0.15) is 37.8 Å². The van der Waals surface area contributed by atoms with Gasteiger partial charge in [0.05, 0.1) is 11.4 Å². The van der Waals surface area contributed by atoms with E-state index >= 15 is 0 Å². The first-order valence-corrected chi connectivity index (χ1v) is 11.1. The van der Waals surface area contributed by atoms with Gasteiger partial charge in [0, 0.05) is 17.6 Å². The van der Waals surface area contributed by atoms with Crippen molar-refractivity contribution < 1.29 is 13.2 Å². The molecule has 0 unspecified atom stereocenters. The molecule has 0 saturated heterocycles. The van der Waals surface area contributed by atoms with Gasteiger partial charge < -0.3 is 5.32 Å². The number of nitrogens with zero attached hydrogens (tertiary/aromatic N) is 1. The lowest BCUT2D eigenvalue weighted by Gasteiger charge is -2.23. The van der Waals surface area contributed by atoms with Crippen molar-refractivity contribution in [3.05, 3.63) is 64.7 Å². The standard InChI is InChI=1S/C21H27ClN2O3S/c1-4-5-17(3)23-21(25)15-24(14-18-8-6-16(2)7-9-18)28(26,27)20-12-10-19(22)11-13-20/h6-13,17H,4-5,14-15H2,1-3H3,(H,23,25)/t17-/m1/s1. The van der Waals surface area contributed by atoms with Gasteiger partial charge in [-0.15, -0.1) is 0 Å². The zero-order valence-electron chi connectivity index (χ0n) is 16.5. The van der Waals surface area contributed by atoms with Crippen molar-refractivity contribution >= 4 is 27.5 Å². The minimum absolute atomic E-state index is 0.00281. The lowest BCUT2D eigenvalue weighted by Crippen LogP contribution is -2.43. The van der Waals surface area contributed by atoms with Crippen molar-refractivity contribution in [1.29, 1.82) is 0 Å². The van der Waals surface area contributed by atoms with Crippen LogP contribution in [0.4, 0.5) is 0 Å². The number of carbonyl (C=O) groups is 1. The average Bonchev–Trinajstić information content (AvgIpc) is 2.63. The molecule has 7 heteroatoms. The highest BCUT2D eigenvalue weighted by Gasteiger charge is 2.27. The molecule has 1 N–H and O–H groups in total. The molecule has 0 fully saturated rings. The third-order valence-corrected chi connectivity index (χ3v) is 6.44. The smallest absolute Gasteiger partial charge is 0.243 e. The van der Waals surface area contributed by atoms with Gasteiger partial charge in [-0.2, -0.15) is 4.31 Å². The molecule has 0 saturated carbocycles. The van der Waals surface area contributed by atoms with Crippen LogP contribution in [0.5, 0.6) is 0 Å². The summed E-state index contributed by atoms with van der Waals surface area (Å²) < 4.78 is 27.5. The Labute approximate surface area is 172 Å². The second-order valence-corrected chi connectivity index (χ2v) is 9.34. The molecule has 28 heavy (non-hydrogen) atoms. The topological polar surface area (TPSA) is 66.5 Å². The molecule has 2 aromatic rings. The van der Waals surface area contributed by atoms with E-state index in [1.807, 2.05) is 45.0 Å². The van der Waals surface area contributed by atoms with E-state index in [1.54, 1.807) is 0 Å². The summed E-state index contributed by atoms with van der Waals surface area (Å²) in [7, 11) is -3.86. The predicted molar refractivity (Wildman–Crippen MR) is 113 cm³/mol. The van der Waals surface area contributed by atoms with Crippen molar-refractivity contribution in [2.75, 3.05) is 6.54 Å². The molecule has 152 valence electrons. The lowest BCUT2D eigenvalue weighted by molar-refractivity contribution is -0.122. The highest BCUT2D eigenvalue weighted by atomic mass is 35.5. The number of sulfonamides is 1. The van der Waals surface area contributed by atoms with Crippen LogP contribution in [0.15, 0.2) is 53.4 Å². The Balaban J connectivity index is 2.27. The largest absolute Gasteiger partial charge is 0.353 e. The first-order chi connectivity index (χ1) is 13.2. The maximum absolute atomic E-state index is 13.2. The predicted octanol–water partition coefficient (Wildman–Crippen LogP) is 4.14. The fourth-order valence-corrected chi connectivity index (χ4v) is 4.37. The number of aryl methyl sites for hydroxylation is 1. The second kappa shape index (κ2) is 10.0. The Bertz CT molecular complexity index is 881. The summed E-state index contributed by atoms with van der Waals surface area (Å²) in [5.74, 6) is -0.314. The molecule has 0 aliphatic rings. The average molecular weight is 423 g/mol. The zero-order valence-corrected chi connectivity index (χ0v) is 18.1. The molecule has 2 aromatic carbocycles. The minimum atomic E-state index is -3.86. The van der Waals surface area contributed by atoms with Gasteiger partial charge in [-0.05, 0) is 50.1 Å². The minimum Gasteiger partial charge on any atom is -0.353 e. The Morgan fingerprint density at radius 1 is 1.11 bits per heavy atom. The third-order valence-electron chi connectivity index (χ3n) is 4.38. The van der Waals surface area contributed by atoms with Crippen molar-refractivity contribution in [2.45, 2.75) is 51.1 Å². The number of halogens is 1. The van der Waals surface area contributed by atoms with Crippen LogP contribution >= 0.6 is 11.6 Å². The number of nitrogens with one attached hydrogen (secondary N) is 1. The fraction of sp³-hybridized carbons (Fsp3) is 0.381.